The highest BCUT2D eigenvalue weighted by molar-refractivity contribution is 6.23. The number of carbonyl (C=O) groups is 6. The molecule has 7 heterocycles. The van der Waals surface area contributed by atoms with Crippen molar-refractivity contribution in [1.82, 2.24) is 40.1 Å². The monoisotopic (exact) mass is 844 g/mol. The van der Waals surface area contributed by atoms with E-state index >= 15 is 0 Å². The number of aromatic nitrogens is 3. The van der Waals surface area contributed by atoms with Crippen LogP contribution in [0.1, 0.15) is 94.1 Å². The summed E-state index contributed by atoms with van der Waals surface area (Å²) in [5.41, 5.74) is 9.24. The number of carbonyl (C=O) groups excluding carboxylic acids is 6. The lowest BCUT2D eigenvalue weighted by molar-refractivity contribution is -0.136. The minimum absolute atomic E-state index is 0.0226. The Kier molecular flexibility index (Phi) is 10.3. The number of hydrogen-bond acceptors (Lipinski definition) is 13. The topological polar surface area (TPSA) is 211 Å². The normalized spacial score (nSPS) is 26.0. The lowest BCUT2D eigenvalue weighted by Gasteiger charge is -2.38. The minimum Gasteiger partial charge on any atom is -0.371 e. The fourth-order valence-corrected chi connectivity index (χ4v) is 11.0. The second kappa shape index (κ2) is 15.9. The molecule has 18 nitrogen and oxygen atoms in total. The number of fused-ring (bicyclic) bond motifs is 3. The average Bonchev–Trinajstić information content (AvgIpc) is 4.04. The molecule has 0 radical (unpaired) electrons. The molecular weight excluding hydrogens is 793 g/mol. The quantitative estimate of drug-likeness (QED) is 0.251. The lowest BCUT2D eigenvalue weighted by Crippen LogP contribution is -2.54. The third-order valence-corrected chi connectivity index (χ3v) is 14.4. The summed E-state index contributed by atoms with van der Waals surface area (Å²) in [4.78, 5) is 92.4. The number of rotatable bonds is 10. The van der Waals surface area contributed by atoms with Gasteiger partial charge in [-0.1, -0.05) is 12.1 Å². The number of urea groups is 1. The van der Waals surface area contributed by atoms with Crippen molar-refractivity contribution in [1.29, 1.82) is 0 Å². The SMILES string of the molecule is CN1CCN(C2CC3CC2N(c2nnc(C(N)=O)c(Nc4ccc(C5CCN(CC6CCN(c7ccc8c(c7)C(=O)N(C7CCC(=O)NC7=O)C8=O)CC6)CC5)cc4)n2)C3)C1=O. The van der Waals surface area contributed by atoms with E-state index in [-0.39, 0.29) is 42.5 Å². The fourth-order valence-electron chi connectivity index (χ4n) is 11.0. The molecule has 2 bridgehead atoms. The maximum absolute atomic E-state index is 13.4. The third kappa shape index (κ3) is 7.26. The van der Waals surface area contributed by atoms with Crippen LogP contribution in [0.4, 0.5) is 27.9 Å². The molecule has 2 aromatic carbocycles. The van der Waals surface area contributed by atoms with Gasteiger partial charge >= 0.3 is 6.03 Å². The van der Waals surface area contributed by atoms with Gasteiger partial charge in [0.2, 0.25) is 17.8 Å². The Hall–Kier alpha value is -6.17. The van der Waals surface area contributed by atoms with Gasteiger partial charge in [-0.05, 0) is 112 Å². The molecule has 10 rings (SSSR count). The van der Waals surface area contributed by atoms with Crippen molar-refractivity contribution in [3.63, 3.8) is 0 Å². The van der Waals surface area contributed by atoms with Crippen molar-refractivity contribution in [3.05, 3.63) is 64.8 Å². The number of imide groups is 2. The maximum Gasteiger partial charge on any atom is 0.320 e. The van der Waals surface area contributed by atoms with E-state index in [1.807, 2.05) is 30.1 Å². The summed E-state index contributed by atoms with van der Waals surface area (Å²) in [5.74, 6) is -0.536. The predicted molar refractivity (Wildman–Crippen MR) is 227 cm³/mol. The Morgan fingerprint density at radius 1 is 0.823 bits per heavy atom. The Bertz CT molecular complexity index is 2330. The maximum atomic E-state index is 13.4. The number of anilines is 4. The van der Waals surface area contributed by atoms with Crippen molar-refractivity contribution in [2.24, 2.45) is 17.6 Å². The first-order chi connectivity index (χ1) is 30.0. The van der Waals surface area contributed by atoms with Crippen LogP contribution in [-0.2, 0) is 9.59 Å². The summed E-state index contributed by atoms with van der Waals surface area (Å²) in [5, 5.41) is 14.1. The number of benzene rings is 2. The molecule has 62 heavy (non-hydrogen) atoms. The van der Waals surface area contributed by atoms with Gasteiger partial charge in [0.05, 0.1) is 23.2 Å². The highest BCUT2D eigenvalue weighted by Crippen LogP contribution is 2.43. The average molecular weight is 845 g/mol. The first-order valence-corrected chi connectivity index (χ1v) is 22.0. The summed E-state index contributed by atoms with van der Waals surface area (Å²) >= 11 is 0. The number of nitrogens with zero attached hydrogens (tertiary/aromatic N) is 9. The molecule has 1 aliphatic carbocycles. The predicted octanol–water partition coefficient (Wildman–Crippen LogP) is 2.55. The number of likely N-dealkylation sites (N-methyl/N-ethyl adjacent to an activating group) is 1. The molecule has 18 heteroatoms. The van der Waals surface area contributed by atoms with Gasteiger partial charge in [0.1, 0.15) is 6.04 Å². The standard InChI is InChI=1S/C44H52N12O6/c1-51-18-19-54(44(51)62)34-20-26-21-35(34)55(24-26)43-48-39(37(38(45)58)49-50-43)46-29-4-2-27(3-5-29)28-12-14-52(15-13-28)23-25-10-16-53(17-11-25)30-6-7-31-32(22-30)42(61)56(41(31)60)33-8-9-36(57)47-40(33)59/h2-7,22,25-26,28,33-35H,8-21,23-24H2,1H3,(H2,45,58)(H,46,48,50)(H,47,57,59). The van der Waals surface area contributed by atoms with E-state index in [4.69, 9.17) is 10.7 Å². The molecule has 6 fully saturated rings. The van der Waals surface area contributed by atoms with Gasteiger partial charge in [0.25, 0.3) is 17.7 Å². The largest absolute Gasteiger partial charge is 0.371 e. The van der Waals surface area contributed by atoms with Gasteiger partial charge in [-0.2, -0.15) is 4.98 Å². The fraction of sp³-hybridized carbons (Fsp3) is 0.523. The Morgan fingerprint density at radius 2 is 1.55 bits per heavy atom. The number of nitrogens with one attached hydrogen (secondary N) is 2. The zero-order valence-corrected chi connectivity index (χ0v) is 34.9. The smallest absolute Gasteiger partial charge is 0.320 e. The van der Waals surface area contributed by atoms with Gasteiger partial charge in [-0.3, -0.25) is 34.2 Å². The Balaban J connectivity index is 0.711. The van der Waals surface area contributed by atoms with E-state index < -0.39 is 35.6 Å². The third-order valence-electron chi connectivity index (χ3n) is 14.4. The molecule has 0 spiro atoms. The molecule has 6 aliphatic heterocycles. The van der Waals surface area contributed by atoms with Crippen LogP contribution < -0.4 is 26.2 Å². The molecule has 1 saturated carbocycles. The van der Waals surface area contributed by atoms with E-state index in [1.54, 1.807) is 17.0 Å². The van der Waals surface area contributed by atoms with Crippen LogP contribution >= 0.6 is 0 Å². The van der Waals surface area contributed by atoms with Gasteiger partial charge in [0, 0.05) is 64.1 Å². The molecule has 1 aromatic heterocycles. The van der Waals surface area contributed by atoms with Crippen LogP contribution in [0.15, 0.2) is 42.5 Å². The van der Waals surface area contributed by atoms with Crippen LogP contribution in [0.5, 0.6) is 0 Å². The molecule has 4 N–H and O–H groups in total. The van der Waals surface area contributed by atoms with E-state index in [0.717, 1.165) is 101 Å². The summed E-state index contributed by atoms with van der Waals surface area (Å²) in [6.45, 7) is 7.02. The zero-order chi connectivity index (χ0) is 42.8. The highest BCUT2D eigenvalue weighted by atomic mass is 16.2. The lowest BCUT2D eigenvalue weighted by atomic mass is 9.88. The van der Waals surface area contributed by atoms with E-state index in [0.29, 0.717) is 41.4 Å². The second-order valence-electron chi connectivity index (χ2n) is 18.1. The van der Waals surface area contributed by atoms with Crippen molar-refractivity contribution in [3.8, 4) is 0 Å². The molecule has 7 aliphatic rings. The van der Waals surface area contributed by atoms with Crippen LogP contribution in [0.2, 0.25) is 0 Å². The van der Waals surface area contributed by atoms with Crippen LogP contribution in [-0.4, -0.2) is 148 Å². The Morgan fingerprint density at radius 3 is 2.23 bits per heavy atom. The first-order valence-electron chi connectivity index (χ1n) is 22.0. The summed E-state index contributed by atoms with van der Waals surface area (Å²) in [6.07, 6.45) is 6.34. The van der Waals surface area contributed by atoms with Crippen molar-refractivity contribution in [2.75, 3.05) is 74.5 Å². The molecule has 3 aromatic rings. The van der Waals surface area contributed by atoms with Gasteiger partial charge in [-0.25, -0.2) is 4.79 Å². The van der Waals surface area contributed by atoms with Crippen LogP contribution in [0.3, 0.4) is 0 Å². The molecule has 7 amide bonds. The molecule has 324 valence electrons. The van der Waals surface area contributed by atoms with Crippen LogP contribution in [0, 0.1) is 11.8 Å². The molecular formula is C44H52N12O6. The zero-order valence-electron chi connectivity index (χ0n) is 34.9. The summed E-state index contributed by atoms with van der Waals surface area (Å²) in [7, 11) is 1.84. The molecule has 4 unspecified atom stereocenters. The van der Waals surface area contributed by atoms with E-state index in [2.05, 4.69) is 47.7 Å². The van der Waals surface area contributed by atoms with E-state index in [1.165, 1.54) is 5.56 Å². The van der Waals surface area contributed by atoms with Gasteiger partial charge < -0.3 is 35.6 Å². The van der Waals surface area contributed by atoms with Crippen LogP contribution in [0.25, 0.3) is 0 Å². The van der Waals surface area contributed by atoms with Crippen molar-refractivity contribution in [2.45, 2.75) is 75.4 Å². The minimum atomic E-state index is -0.974. The van der Waals surface area contributed by atoms with Crippen molar-refractivity contribution < 1.29 is 28.8 Å². The summed E-state index contributed by atoms with van der Waals surface area (Å²) < 4.78 is 0. The number of likely N-dealkylation sites (tertiary alicyclic amines) is 1. The van der Waals surface area contributed by atoms with Gasteiger partial charge in [0.15, 0.2) is 11.5 Å². The van der Waals surface area contributed by atoms with E-state index in [9.17, 15) is 28.8 Å². The number of primary amides is 1. The summed E-state index contributed by atoms with van der Waals surface area (Å²) in [6, 6.07) is 12.9. The number of hydrogen-bond donors (Lipinski definition) is 3. The second-order valence-corrected chi connectivity index (χ2v) is 18.1. The number of amides is 7. The highest BCUT2D eigenvalue weighted by Gasteiger charge is 2.51. The number of piperidine rings is 4. The molecule has 4 atom stereocenters. The molecule has 5 saturated heterocycles. The Labute approximate surface area is 359 Å². The first kappa shape index (κ1) is 39.9. The van der Waals surface area contributed by atoms with Crippen molar-refractivity contribution >= 4 is 58.7 Å². The number of nitrogens with two attached hydrogens (primary N) is 1. The van der Waals surface area contributed by atoms with Gasteiger partial charge in [-0.15, -0.1) is 10.2 Å².